The van der Waals surface area contributed by atoms with Gasteiger partial charge in [0.05, 0.1) is 12.9 Å². The molecule has 0 radical (unpaired) electrons. The quantitative estimate of drug-likeness (QED) is 0.398. The molecule has 0 spiro atoms. The Labute approximate surface area is 149 Å². The first-order valence-electron chi connectivity index (χ1n) is 9.15. The van der Waals surface area contributed by atoms with Crippen LogP contribution in [0.1, 0.15) is 52.4 Å². The zero-order chi connectivity index (χ0) is 18.1. The third-order valence-electron chi connectivity index (χ3n) is 4.76. The summed E-state index contributed by atoms with van der Waals surface area (Å²) in [5.74, 6) is -0.973. The third-order valence-corrected chi connectivity index (χ3v) is 4.76. The summed E-state index contributed by atoms with van der Waals surface area (Å²) in [5, 5.41) is 0. The molecule has 0 unspecified atom stereocenters. The molecule has 4 heteroatoms. The lowest BCUT2D eigenvalue weighted by molar-refractivity contribution is 0.174. The van der Waals surface area contributed by atoms with E-state index in [9.17, 15) is 8.78 Å². The second-order valence-electron chi connectivity index (χ2n) is 6.62. The maximum absolute atomic E-state index is 14.1. The van der Waals surface area contributed by atoms with Crippen LogP contribution in [0.25, 0.3) is 0 Å². The molecule has 1 aliphatic carbocycles. The fraction of sp³-hybridized carbons (Fsp3) is 0.524. The molecule has 0 atom stereocenters. The number of hydrogen-bond donors (Lipinski definition) is 0. The van der Waals surface area contributed by atoms with Crippen LogP contribution < -0.4 is 9.47 Å². The van der Waals surface area contributed by atoms with Crippen LogP contribution in [0.2, 0.25) is 0 Å². The lowest BCUT2D eigenvalue weighted by Crippen LogP contribution is -2.20. The van der Waals surface area contributed by atoms with Crippen LogP contribution >= 0.6 is 0 Å². The summed E-state index contributed by atoms with van der Waals surface area (Å²) >= 11 is 0. The molecule has 138 valence electrons. The SMILES string of the molecule is C/C=C/CCC1CCC(COc2ccc(O/C=C/C)c(F)c2F)CC1. The van der Waals surface area contributed by atoms with Crippen molar-refractivity contribution >= 4 is 0 Å². The van der Waals surface area contributed by atoms with E-state index in [2.05, 4.69) is 19.1 Å². The van der Waals surface area contributed by atoms with Crippen LogP contribution in [0.3, 0.4) is 0 Å². The Hall–Kier alpha value is -1.84. The standard InChI is InChI=1S/C21H28F2O2/c1-3-5-6-7-16-8-10-17(11-9-16)15-25-19-13-12-18(24-14-4-2)20(22)21(19)23/h3-5,12-14,16-17H,6-11,15H2,1-2H3/b5-3+,14-4+. The minimum absolute atomic E-state index is 0.0412. The molecule has 0 aromatic heterocycles. The van der Waals surface area contributed by atoms with Gasteiger partial charge in [0, 0.05) is 0 Å². The summed E-state index contributed by atoms with van der Waals surface area (Å²) < 4.78 is 38.6. The maximum Gasteiger partial charge on any atom is 0.205 e. The number of hydrogen-bond acceptors (Lipinski definition) is 2. The number of rotatable bonds is 8. The Bertz CT molecular complexity index is 588. The molecule has 0 N–H and O–H groups in total. The fourth-order valence-corrected chi connectivity index (χ4v) is 3.25. The fourth-order valence-electron chi connectivity index (χ4n) is 3.25. The van der Waals surface area contributed by atoms with Gasteiger partial charge in [-0.1, -0.05) is 31.1 Å². The van der Waals surface area contributed by atoms with Crippen LogP contribution in [-0.2, 0) is 0 Å². The Morgan fingerprint density at radius 1 is 0.960 bits per heavy atom. The molecule has 25 heavy (non-hydrogen) atoms. The van der Waals surface area contributed by atoms with Gasteiger partial charge in [-0.15, -0.1) is 0 Å². The molecule has 0 aliphatic heterocycles. The van der Waals surface area contributed by atoms with Crippen molar-refractivity contribution in [1.82, 2.24) is 0 Å². The highest BCUT2D eigenvalue weighted by Crippen LogP contribution is 2.33. The molecule has 1 aromatic rings. The molecule has 1 aromatic carbocycles. The van der Waals surface area contributed by atoms with E-state index in [1.807, 2.05) is 0 Å². The van der Waals surface area contributed by atoms with Gasteiger partial charge in [0.1, 0.15) is 0 Å². The zero-order valence-electron chi connectivity index (χ0n) is 15.1. The predicted molar refractivity (Wildman–Crippen MR) is 96.8 cm³/mol. The van der Waals surface area contributed by atoms with E-state index in [4.69, 9.17) is 9.47 Å². The van der Waals surface area contributed by atoms with Crippen molar-refractivity contribution in [2.75, 3.05) is 6.61 Å². The van der Waals surface area contributed by atoms with Crippen LogP contribution in [0.4, 0.5) is 8.78 Å². The molecule has 1 fully saturated rings. The summed E-state index contributed by atoms with van der Waals surface area (Å²) in [4.78, 5) is 0. The molecule has 0 heterocycles. The van der Waals surface area contributed by atoms with Crippen molar-refractivity contribution in [3.05, 3.63) is 48.3 Å². The smallest absolute Gasteiger partial charge is 0.205 e. The Morgan fingerprint density at radius 2 is 1.60 bits per heavy atom. The van der Waals surface area contributed by atoms with E-state index in [0.29, 0.717) is 12.5 Å². The van der Waals surface area contributed by atoms with Crippen molar-refractivity contribution in [2.45, 2.75) is 52.4 Å². The summed E-state index contributed by atoms with van der Waals surface area (Å²) in [5.41, 5.74) is 0. The maximum atomic E-state index is 14.1. The number of benzene rings is 1. The van der Waals surface area contributed by atoms with Gasteiger partial charge < -0.3 is 9.47 Å². The van der Waals surface area contributed by atoms with E-state index in [1.165, 1.54) is 37.7 Å². The molecule has 1 saturated carbocycles. The van der Waals surface area contributed by atoms with Crippen molar-refractivity contribution < 1.29 is 18.3 Å². The summed E-state index contributed by atoms with van der Waals surface area (Å²) in [7, 11) is 0. The minimum atomic E-state index is -1.01. The van der Waals surface area contributed by atoms with Crippen LogP contribution in [-0.4, -0.2) is 6.61 Å². The molecule has 0 saturated heterocycles. The van der Waals surface area contributed by atoms with E-state index in [1.54, 1.807) is 13.0 Å². The van der Waals surface area contributed by atoms with Gasteiger partial charge in [0.25, 0.3) is 0 Å². The normalized spacial score (nSPS) is 21.1. The summed E-state index contributed by atoms with van der Waals surface area (Å²) in [6, 6.07) is 2.83. The van der Waals surface area contributed by atoms with Crippen molar-refractivity contribution in [3.63, 3.8) is 0 Å². The molecule has 0 amide bonds. The second kappa shape index (κ2) is 10.2. The predicted octanol–water partition coefficient (Wildman–Crippen LogP) is 6.42. The number of allylic oxidation sites excluding steroid dienone is 3. The Kier molecular flexibility index (Phi) is 7.96. The van der Waals surface area contributed by atoms with Gasteiger partial charge in [0.2, 0.25) is 11.6 Å². The van der Waals surface area contributed by atoms with E-state index in [0.717, 1.165) is 25.2 Å². The van der Waals surface area contributed by atoms with Crippen LogP contribution in [0.15, 0.2) is 36.6 Å². The Morgan fingerprint density at radius 3 is 2.28 bits per heavy atom. The molecular formula is C21H28F2O2. The van der Waals surface area contributed by atoms with Gasteiger partial charge >= 0.3 is 0 Å². The van der Waals surface area contributed by atoms with Crippen molar-refractivity contribution in [3.8, 4) is 11.5 Å². The average molecular weight is 350 g/mol. The van der Waals surface area contributed by atoms with Crippen LogP contribution in [0.5, 0.6) is 11.5 Å². The van der Waals surface area contributed by atoms with Crippen molar-refractivity contribution in [1.29, 1.82) is 0 Å². The van der Waals surface area contributed by atoms with E-state index >= 15 is 0 Å². The summed E-state index contributed by atoms with van der Waals surface area (Å²) in [6.07, 6.45) is 14.2. The highest BCUT2D eigenvalue weighted by Gasteiger charge is 2.22. The lowest BCUT2D eigenvalue weighted by Gasteiger charge is -2.28. The lowest BCUT2D eigenvalue weighted by atomic mass is 9.80. The molecule has 2 rings (SSSR count). The third kappa shape index (κ3) is 5.87. The molecule has 1 aliphatic rings. The zero-order valence-corrected chi connectivity index (χ0v) is 15.1. The van der Waals surface area contributed by atoms with Gasteiger partial charge in [-0.2, -0.15) is 8.78 Å². The number of halogens is 2. The van der Waals surface area contributed by atoms with Crippen LogP contribution in [0, 0.1) is 23.5 Å². The monoisotopic (exact) mass is 350 g/mol. The topological polar surface area (TPSA) is 18.5 Å². The van der Waals surface area contributed by atoms with Gasteiger partial charge in [-0.3, -0.25) is 0 Å². The first kappa shape index (κ1) is 19.5. The minimum Gasteiger partial charge on any atom is -0.490 e. The van der Waals surface area contributed by atoms with Gasteiger partial charge in [-0.05, 0) is 63.5 Å². The largest absolute Gasteiger partial charge is 0.490 e. The molecule has 2 nitrogen and oxygen atoms in total. The second-order valence-corrected chi connectivity index (χ2v) is 6.62. The Balaban J connectivity index is 1.81. The van der Waals surface area contributed by atoms with Gasteiger partial charge in [-0.25, -0.2) is 0 Å². The molecular weight excluding hydrogens is 322 g/mol. The first-order valence-corrected chi connectivity index (χ1v) is 9.15. The van der Waals surface area contributed by atoms with Gasteiger partial charge in [0.15, 0.2) is 11.5 Å². The summed E-state index contributed by atoms with van der Waals surface area (Å²) in [6.45, 7) is 4.23. The van der Waals surface area contributed by atoms with E-state index < -0.39 is 11.6 Å². The first-order chi connectivity index (χ1) is 12.2. The van der Waals surface area contributed by atoms with Crippen molar-refractivity contribution in [2.24, 2.45) is 11.8 Å². The highest BCUT2D eigenvalue weighted by molar-refractivity contribution is 5.35. The highest BCUT2D eigenvalue weighted by atomic mass is 19.2. The molecule has 0 bridgehead atoms. The average Bonchev–Trinajstić information content (AvgIpc) is 2.63. The van der Waals surface area contributed by atoms with E-state index in [-0.39, 0.29) is 11.5 Å². The number of ether oxygens (including phenoxy) is 2.